The summed E-state index contributed by atoms with van der Waals surface area (Å²) >= 11 is 0. The Morgan fingerprint density at radius 2 is 2.09 bits per heavy atom. The number of rotatable bonds is 6. The van der Waals surface area contributed by atoms with Crippen LogP contribution >= 0.6 is 0 Å². The minimum atomic E-state index is -0.840. The van der Waals surface area contributed by atoms with Gasteiger partial charge in [0.15, 0.2) is 6.10 Å². The number of para-hydroxylation sites is 1. The smallest absolute Gasteiger partial charge is 0.309 e. The fourth-order valence-electron chi connectivity index (χ4n) is 2.71. The van der Waals surface area contributed by atoms with Crippen LogP contribution in [0.2, 0.25) is 0 Å². The van der Waals surface area contributed by atoms with Crippen molar-refractivity contribution in [3.05, 3.63) is 29.8 Å². The Kier molecular flexibility index (Phi) is 5.55. The number of aliphatic hydroxyl groups excluding tert-OH is 1. The molecule has 1 aromatic rings. The topological polar surface area (TPSA) is 66.8 Å². The van der Waals surface area contributed by atoms with Crippen molar-refractivity contribution in [2.24, 2.45) is 0 Å². The van der Waals surface area contributed by atoms with Gasteiger partial charge in [-0.15, -0.1) is 0 Å². The van der Waals surface area contributed by atoms with Gasteiger partial charge in [-0.05, 0) is 31.4 Å². The van der Waals surface area contributed by atoms with E-state index in [1.807, 2.05) is 31.2 Å². The summed E-state index contributed by atoms with van der Waals surface area (Å²) in [6, 6.07) is 7.74. The third kappa shape index (κ3) is 3.85. The molecule has 2 atom stereocenters. The largest absolute Gasteiger partial charge is 0.452 e. The summed E-state index contributed by atoms with van der Waals surface area (Å²) in [5.41, 5.74) is 2.02. The molecule has 120 valence electrons. The fourth-order valence-corrected chi connectivity index (χ4v) is 2.71. The number of esters is 1. The van der Waals surface area contributed by atoms with E-state index in [9.17, 15) is 14.7 Å². The first kappa shape index (κ1) is 16.5. The summed E-state index contributed by atoms with van der Waals surface area (Å²) in [6.45, 7) is 4.12. The number of fused-ring (bicyclic) bond motifs is 1. The molecule has 0 spiro atoms. The van der Waals surface area contributed by atoms with E-state index in [4.69, 9.17) is 4.74 Å². The second-order valence-electron chi connectivity index (χ2n) is 5.65. The number of carbonyl (C=O) groups excluding carboxylic acids is 2. The molecule has 22 heavy (non-hydrogen) atoms. The van der Waals surface area contributed by atoms with Gasteiger partial charge >= 0.3 is 5.97 Å². The van der Waals surface area contributed by atoms with E-state index in [2.05, 4.69) is 0 Å². The Labute approximate surface area is 130 Å². The fraction of sp³-hybridized carbons (Fsp3) is 0.529. The zero-order chi connectivity index (χ0) is 16.1. The van der Waals surface area contributed by atoms with E-state index < -0.39 is 18.2 Å². The molecule has 0 saturated carbocycles. The van der Waals surface area contributed by atoms with Crippen molar-refractivity contribution in [3.63, 3.8) is 0 Å². The van der Waals surface area contributed by atoms with Crippen LogP contribution in [-0.4, -0.2) is 35.7 Å². The van der Waals surface area contributed by atoms with Gasteiger partial charge in [-0.1, -0.05) is 31.5 Å². The lowest BCUT2D eigenvalue weighted by Gasteiger charge is -2.22. The van der Waals surface area contributed by atoms with E-state index >= 15 is 0 Å². The van der Waals surface area contributed by atoms with Crippen LogP contribution in [0.3, 0.4) is 0 Å². The van der Waals surface area contributed by atoms with E-state index in [1.54, 1.807) is 11.8 Å². The molecule has 0 bridgehead atoms. The van der Waals surface area contributed by atoms with Gasteiger partial charge < -0.3 is 14.7 Å². The Balaban J connectivity index is 1.92. The van der Waals surface area contributed by atoms with Crippen LogP contribution < -0.4 is 4.90 Å². The maximum absolute atomic E-state index is 12.4. The average molecular weight is 305 g/mol. The van der Waals surface area contributed by atoms with Gasteiger partial charge in [-0.2, -0.15) is 0 Å². The Morgan fingerprint density at radius 1 is 1.36 bits per heavy atom. The van der Waals surface area contributed by atoms with Crippen LogP contribution in [0.4, 0.5) is 5.69 Å². The van der Waals surface area contributed by atoms with Crippen LogP contribution in [-0.2, 0) is 20.7 Å². The van der Waals surface area contributed by atoms with Crippen LogP contribution in [0, 0.1) is 0 Å². The Bertz CT molecular complexity index is 543. The summed E-state index contributed by atoms with van der Waals surface area (Å²) in [4.78, 5) is 25.9. The van der Waals surface area contributed by atoms with Crippen LogP contribution in [0.5, 0.6) is 0 Å². The second kappa shape index (κ2) is 7.40. The SMILES string of the molecule is CCC[C@@H](O)CC(=O)O[C@H](C)C(=O)N1CCc2ccccc21. The molecule has 1 N–H and O–H groups in total. The molecular formula is C17H23NO4. The molecule has 1 aromatic carbocycles. The highest BCUT2D eigenvalue weighted by Crippen LogP contribution is 2.28. The monoisotopic (exact) mass is 305 g/mol. The highest BCUT2D eigenvalue weighted by molar-refractivity contribution is 5.99. The molecule has 0 saturated heterocycles. The minimum Gasteiger partial charge on any atom is -0.452 e. The molecular weight excluding hydrogens is 282 g/mol. The number of nitrogens with zero attached hydrogens (tertiary/aromatic N) is 1. The molecule has 0 unspecified atom stereocenters. The van der Waals surface area contributed by atoms with Gasteiger partial charge in [0.05, 0.1) is 12.5 Å². The summed E-state index contributed by atoms with van der Waals surface area (Å²) in [5.74, 6) is -0.752. The number of ether oxygens (including phenoxy) is 1. The summed E-state index contributed by atoms with van der Waals surface area (Å²) in [6.07, 6.45) is 0.560. The van der Waals surface area contributed by atoms with Crippen molar-refractivity contribution in [3.8, 4) is 0 Å². The number of aliphatic hydroxyl groups is 1. The van der Waals surface area contributed by atoms with Gasteiger partial charge in [0, 0.05) is 12.2 Å². The van der Waals surface area contributed by atoms with Crippen molar-refractivity contribution in [2.75, 3.05) is 11.4 Å². The Morgan fingerprint density at radius 3 is 2.82 bits per heavy atom. The average Bonchev–Trinajstić information content (AvgIpc) is 2.90. The third-order valence-electron chi connectivity index (χ3n) is 3.83. The number of hydrogen-bond acceptors (Lipinski definition) is 4. The molecule has 0 aliphatic carbocycles. The number of anilines is 1. The van der Waals surface area contributed by atoms with Gasteiger partial charge in [0.2, 0.25) is 0 Å². The zero-order valence-corrected chi connectivity index (χ0v) is 13.1. The first-order valence-corrected chi connectivity index (χ1v) is 7.79. The summed E-state index contributed by atoms with van der Waals surface area (Å²) < 4.78 is 5.17. The Hall–Kier alpha value is -1.88. The molecule has 2 rings (SSSR count). The predicted octanol–water partition coefficient (Wildman–Crippen LogP) is 2.06. The van der Waals surface area contributed by atoms with Crippen molar-refractivity contribution in [1.82, 2.24) is 0 Å². The van der Waals surface area contributed by atoms with Crippen molar-refractivity contribution in [2.45, 2.75) is 51.7 Å². The van der Waals surface area contributed by atoms with Crippen molar-refractivity contribution < 1.29 is 19.4 Å². The van der Waals surface area contributed by atoms with Crippen LogP contribution in [0.15, 0.2) is 24.3 Å². The lowest BCUT2D eigenvalue weighted by Crippen LogP contribution is -2.39. The molecule has 1 amide bonds. The molecule has 5 heteroatoms. The maximum Gasteiger partial charge on any atom is 0.309 e. The molecule has 5 nitrogen and oxygen atoms in total. The molecule has 1 heterocycles. The molecule has 1 aliphatic heterocycles. The standard InChI is InChI=1S/C17H23NO4/c1-3-6-14(19)11-16(20)22-12(2)17(21)18-10-9-13-7-4-5-8-15(13)18/h4-5,7-8,12,14,19H,3,6,9-11H2,1-2H3/t12-,14-/m1/s1. The molecule has 0 fully saturated rings. The molecule has 0 aromatic heterocycles. The third-order valence-corrected chi connectivity index (χ3v) is 3.83. The summed E-state index contributed by atoms with van der Waals surface area (Å²) in [7, 11) is 0. The van der Waals surface area contributed by atoms with E-state index in [1.165, 1.54) is 0 Å². The highest BCUT2D eigenvalue weighted by atomic mass is 16.5. The molecule has 0 radical (unpaired) electrons. The van der Waals surface area contributed by atoms with E-state index in [0.29, 0.717) is 13.0 Å². The number of carbonyl (C=O) groups is 2. The highest BCUT2D eigenvalue weighted by Gasteiger charge is 2.29. The van der Waals surface area contributed by atoms with Gasteiger partial charge in [0.25, 0.3) is 5.91 Å². The van der Waals surface area contributed by atoms with E-state index in [-0.39, 0.29) is 12.3 Å². The first-order chi connectivity index (χ1) is 10.5. The molecule has 1 aliphatic rings. The zero-order valence-electron chi connectivity index (χ0n) is 13.1. The van der Waals surface area contributed by atoms with Gasteiger partial charge in [-0.25, -0.2) is 0 Å². The van der Waals surface area contributed by atoms with Crippen molar-refractivity contribution >= 4 is 17.6 Å². The lowest BCUT2D eigenvalue weighted by atomic mass is 10.1. The maximum atomic E-state index is 12.4. The van der Waals surface area contributed by atoms with Crippen molar-refractivity contribution in [1.29, 1.82) is 0 Å². The lowest BCUT2D eigenvalue weighted by molar-refractivity contribution is -0.155. The quantitative estimate of drug-likeness (QED) is 0.817. The normalized spacial score (nSPS) is 16.0. The first-order valence-electron chi connectivity index (χ1n) is 7.79. The second-order valence-corrected chi connectivity index (χ2v) is 5.65. The van der Waals surface area contributed by atoms with Gasteiger partial charge in [0.1, 0.15) is 0 Å². The number of benzene rings is 1. The van der Waals surface area contributed by atoms with Crippen LogP contribution in [0.25, 0.3) is 0 Å². The minimum absolute atomic E-state index is 0.0674. The predicted molar refractivity (Wildman–Crippen MR) is 83.6 cm³/mol. The van der Waals surface area contributed by atoms with Gasteiger partial charge in [-0.3, -0.25) is 9.59 Å². The van der Waals surface area contributed by atoms with Crippen LogP contribution in [0.1, 0.15) is 38.7 Å². The number of amides is 1. The number of hydrogen-bond donors (Lipinski definition) is 1. The summed E-state index contributed by atoms with van der Waals surface area (Å²) in [5, 5.41) is 9.62. The van der Waals surface area contributed by atoms with E-state index in [0.717, 1.165) is 24.1 Å².